The second-order valence-corrected chi connectivity index (χ2v) is 4.27. The Hall–Kier alpha value is -1.21. The average Bonchev–Trinajstić information content (AvgIpc) is 2.35. The van der Waals surface area contributed by atoms with Crippen LogP contribution in [0.15, 0.2) is 16.6 Å². The van der Waals surface area contributed by atoms with Gasteiger partial charge in [0.15, 0.2) is 0 Å². The molecule has 0 aliphatic heterocycles. The van der Waals surface area contributed by atoms with Crippen LogP contribution in [0.4, 0.5) is 8.78 Å². The number of hydrogen-bond donors (Lipinski definition) is 2. The van der Waals surface area contributed by atoms with Crippen LogP contribution in [0.3, 0.4) is 0 Å². The number of phenolic OH excluding ortho intramolecular Hbond substituents is 1. The second kappa shape index (κ2) is 6.10. The fraction of sp³-hybridized carbons (Fsp3) is 0.364. The molecule has 1 aromatic rings. The topological polar surface area (TPSA) is 72.5 Å². The molecule has 0 spiro atoms. The monoisotopic (exact) mass is 323 g/mol. The van der Waals surface area contributed by atoms with Crippen molar-refractivity contribution in [3.8, 4) is 5.75 Å². The molecule has 0 radical (unpaired) electrons. The Balaban J connectivity index is 3.00. The van der Waals surface area contributed by atoms with Crippen molar-refractivity contribution in [2.24, 2.45) is 5.73 Å². The Kier molecular flexibility index (Phi) is 5.03. The summed E-state index contributed by atoms with van der Waals surface area (Å²) in [5.41, 5.74) is 5.43. The predicted molar refractivity (Wildman–Crippen MR) is 64.2 cm³/mol. The molecule has 3 N–H and O–H groups in total. The molecule has 4 nitrogen and oxygen atoms in total. The average molecular weight is 324 g/mol. The highest BCUT2D eigenvalue weighted by atomic mass is 79.9. The minimum atomic E-state index is -2.13. The summed E-state index contributed by atoms with van der Waals surface area (Å²) >= 11 is 2.80. The Morgan fingerprint density at radius 2 is 2.22 bits per heavy atom. The summed E-state index contributed by atoms with van der Waals surface area (Å²) in [6.07, 6.45) is -2.13. The van der Waals surface area contributed by atoms with Crippen molar-refractivity contribution in [2.75, 3.05) is 6.61 Å². The molecule has 0 amide bonds. The largest absolute Gasteiger partial charge is 0.506 e. The van der Waals surface area contributed by atoms with E-state index in [9.17, 15) is 18.7 Å². The highest BCUT2D eigenvalue weighted by Gasteiger charge is 2.30. The van der Waals surface area contributed by atoms with Gasteiger partial charge in [-0.25, -0.2) is 13.6 Å². The number of benzene rings is 1. The standard InChI is InChI=1S/C11H12BrF2NO3/c1-2-18-11(17)8(14)9(15)5-3-4-6(13)7(12)10(5)16/h3-4,8-9,16H,2,15H2,1H3/t8?,9-/m0/s1. The zero-order valence-electron chi connectivity index (χ0n) is 9.49. The third-order valence-electron chi connectivity index (χ3n) is 2.29. The summed E-state index contributed by atoms with van der Waals surface area (Å²) in [5.74, 6) is -2.37. The van der Waals surface area contributed by atoms with Gasteiger partial charge < -0.3 is 15.6 Å². The van der Waals surface area contributed by atoms with Crippen LogP contribution in [-0.2, 0) is 9.53 Å². The van der Waals surface area contributed by atoms with Crippen LogP contribution in [0.1, 0.15) is 18.5 Å². The summed E-state index contributed by atoms with van der Waals surface area (Å²) in [4.78, 5) is 11.2. The Morgan fingerprint density at radius 1 is 1.61 bits per heavy atom. The molecular weight excluding hydrogens is 312 g/mol. The van der Waals surface area contributed by atoms with Crippen molar-refractivity contribution in [2.45, 2.75) is 19.1 Å². The van der Waals surface area contributed by atoms with E-state index in [0.717, 1.165) is 12.1 Å². The van der Waals surface area contributed by atoms with Crippen molar-refractivity contribution >= 4 is 21.9 Å². The molecule has 0 bridgehead atoms. The quantitative estimate of drug-likeness (QED) is 0.833. The van der Waals surface area contributed by atoms with Gasteiger partial charge in [0, 0.05) is 5.56 Å². The van der Waals surface area contributed by atoms with E-state index in [1.165, 1.54) is 6.92 Å². The molecule has 7 heteroatoms. The molecule has 0 heterocycles. The first-order chi connectivity index (χ1) is 8.40. The van der Waals surface area contributed by atoms with Crippen molar-refractivity contribution in [3.05, 3.63) is 28.0 Å². The van der Waals surface area contributed by atoms with Crippen molar-refractivity contribution < 1.29 is 23.4 Å². The summed E-state index contributed by atoms with van der Waals surface area (Å²) in [5, 5.41) is 9.62. The highest BCUT2D eigenvalue weighted by molar-refractivity contribution is 9.10. The van der Waals surface area contributed by atoms with E-state index in [4.69, 9.17) is 5.73 Å². The van der Waals surface area contributed by atoms with Crippen LogP contribution in [0, 0.1) is 5.82 Å². The molecule has 1 unspecified atom stereocenters. The van der Waals surface area contributed by atoms with E-state index in [-0.39, 0.29) is 16.6 Å². The van der Waals surface area contributed by atoms with Gasteiger partial charge in [-0.05, 0) is 28.9 Å². The highest BCUT2D eigenvalue weighted by Crippen LogP contribution is 2.34. The number of carbonyl (C=O) groups excluding carboxylic acids is 1. The molecule has 0 aromatic heterocycles. The lowest BCUT2D eigenvalue weighted by molar-refractivity contribution is -0.149. The molecule has 0 fully saturated rings. The summed E-state index contributed by atoms with van der Waals surface area (Å²) in [6.45, 7) is 1.55. The Morgan fingerprint density at radius 3 is 2.78 bits per heavy atom. The maximum Gasteiger partial charge on any atom is 0.342 e. The van der Waals surface area contributed by atoms with Gasteiger partial charge in [0.1, 0.15) is 11.6 Å². The number of rotatable bonds is 4. The third kappa shape index (κ3) is 2.97. The number of aromatic hydroxyl groups is 1. The van der Waals surface area contributed by atoms with Gasteiger partial charge in [0.05, 0.1) is 17.1 Å². The van der Waals surface area contributed by atoms with E-state index in [1.807, 2.05) is 0 Å². The fourth-order valence-electron chi connectivity index (χ4n) is 1.35. The number of carbonyl (C=O) groups is 1. The number of phenols is 1. The molecule has 2 atom stereocenters. The van der Waals surface area contributed by atoms with Gasteiger partial charge in [-0.15, -0.1) is 0 Å². The van der Waals surface area contributed by atoms with E-state index in [2.05, 4.69) is 20.7 Å². The molecule has 1 rings (SSSR count). The van der Waals surface area contributed by atoms with Gasteiger partial charge in [-0.1, -0.05) is 6.07 Å². The smallest absolute Gasteiger partial charge is 0.342 e. The number of hydrogen-bond acceptors (Lipinski definition) is 4. The fourth-order valence-corrected chi connectivity index (χ4v) is 1.71. The SMILES string of the molecule is CCOC(=O)C(F)[C@@H](N)c1ccc(F)c(Br)c1O. The first kappa shape index (κ1) is 14.8. The van der Waals surface area contributed by atoms with E-state index >= 15 is 0 Å². The molecular formula is C11H12BrF2NO3. The molecule has 0 saturated heterocycles. The normalized spacial score (nSPS) is 14.1. The first-order valence-corrected chi connectivity index (χ1v) is 5.92. The maximum absolute atomic E-state index is 13.7. The van der Waals surface area contributed by atoms with Crippen LogP contribution in [0.2, 0.25) is 0 Å². The first-order valence-electron chi connectivity index (χ1n) is 5.13. The van der Waals surface area contributed by atoms with Crippen molar-refractivity contribution in [1.82, 2.24) is 0 Å². The number of alkyl halides is 1. The van der Waals surface area contributed by atoms with Crippen LogP contribution in [-0.4, -0.2) is 23.9 Å². The number of ether oxygens (including phenoxy) is 1. The van der Waals surface area contributed by atoms with E-state index in [0.29, 0.717) is 0 Å². The zero-order chi connectivity index (χ0) is 13.9. The Bertz CT molecular complexity index is 456. The van der Waals surface area contributed by atoms with Gasteiger partial charge >= 0.3 is 5.97 Å². The minimum absolute atomic E-state index is 0.0189. The zero-order valence-corrected chi connectivity index (χ0v) is 11.1. The predicted octanol–water partition coefficient (Wildman–Crippen LogP) is 2.19. The van der Waals surface area contributed by atoms with Gasteiger partial charge in [0.25, 0.3) is 0 Å². The molecule has 100 valence electrons. The van der Waals surface area contributed by atoms with Crippen molar-refractivity contribution in [3.63, 3.8) is 0 Å². The van der Waals surface area contributed by atoms with Crippen molar-refractivity contribution in [1.29, 1.82) is 0 Å². The van der Waals surface area contributed by atoms with E-state index in [1.54, 1.807) is 0 Å². The Labute approximate surface area is 111 Å². The van der Waals surface area contributed by atoms with Crippen LogP contribution < -0.4 is 5.73 Å². The maximum atomic E-state index is 13.7. The van der Waals surface area contributed by atoms with Crippen LogP contribution in [0.25, 0.3) is 0 Å². The minimum Gasteiger partial charge on any atom is -0.506 e. The number of nitrogens with two attached hydrogens (primary N) is 1. The molecule has 18 heavy (non-hydrogen) atoms. The number of esters is 1. The molecule has 1 aromatic carbocycles. The molecule has 0 saturated carbocycles. The third-order valence-corrected chi connectivity index (χ3v) is 3.04. The van der Waals surface area contributed by atoms with E-state index < -0.39 is 29.7 Å². The number of halogens is 3. The van der Waals surface area contributed by atoms with Crippen LogP contribution in [0.5, 0.6) is 5.75 Å². The molecule has 0 aliphatic rings. The summed E-state index contributed by atoms with van der Waals surface area (Å²) in [7, 11) is 0. The van der Waals surface area contributed by atoms with Gasteiger partial charge in [0.2, 0.25) is 6.17 Å². The second-order valence-electron chi connectivity index (χ2n) is 3.48. The van der Waals surface area contributed by atoms with Gasteiger partial charge in [-0.3, -0.25) is 0 Å². The summed E-state index contributed by atoms with van der Waals surface area (Å²) < 4.78 is 31.0. The molecule has 0 aliphatic carbocycles. The van der Waals surface area contributed by atoms with Crippen LogP contribution >= 0.6 is 15.9 Å². The lowest BCUT2D eigenvalue weighted by Crippen LogP contribution is -2.31. The summed E-state index contributed by atoms with van der Waals surface area (Å²) in [6, 6.07) is 0.698. The van der Waals surface area contributed by atoms with Gasteiger partial charge in [-0.2, -0.15) is 0 Å². The lowest BCUT2D eigenvalue weighted by Gasteiger charge is -2.17. The lowest BCUT2D eigenvalue weighted by atomic mass is 10.0.